The van der Waals surface area contributed by atoms with Crippen LogP contribution in [0, 0.1) is 19.3 Å². The molecule has 0 unspecified atom stereocenters. The molecule has 1 saturated carbocycles. The van der Waals surface area contributed by atoms with E-state index in [4.69, 9.17) is 11.1 Å². The quantitative estimate of drug-likeness (QED) is 0.657. The van der Waals surface area contributed by atoms with E-state index in [0.717, 1.165) is 29.7 Å². The largest absolute Gasteiger partial charge is 0.370 e. The lowest BCUT2D eigenvalue weighted by Gasteiger charge is -2.30. The van der Waals surface area contributed by atoms with E-state index in [-0.39, 0.29) is 18.0 Å². The van der Waals surface area contributed by atoms with Crippen LogP contribution in [0.25, 0.3) is 0 Å². The highest BCUT2D eigenvalue weighted by Gasteiger charge is 2.37. The molecule has 0 atom stereocenters. The van der Waals surface area contributed by atoms with Crippen LogP contribution in [-0.2, 0) is 0 Å². The van der Waals surface area contributed by atoms with Gasteiger partial charge in [-0.2, -0.15) is 0 Å². The zero-order valence-corrected chi connectivity index (χ0v) is 12.3. The van der Waals surface area contributed by atoms with E-state index in [0.29, 0.717) is 6.54 Å². The summed E-state index contributed by atoms with van der Waals surface area (Å²) in [6, 6.07) is 5.87. The van der Waals surface area contributed by atoms with Crippen molar-refractivity contribution in [2.75, 3.05) is 11.4 Å². The van der Waals surface area contributed by atoms with Crippen molar-refractivity contribution >= 4 is 17.7 Å². The molecule has 0 saturated heterocycles. The van der Waals surface area contributed by atoms with Gasteiger partial charge in [0, 0.05) is 12.6 Å². The van der Waals surface area contributed by atoms with Gasteiger partial charge in [0.25, 0.3) is 0 Å². The molecular formula is C15H22N4O. The molecule has 1 aliphatic carbocycles. The van der Waals surface area contributed by atoms with Gasteiger partial charge in [-0.15, -0.1) is 0 Å². The highest BCUT2D eigenvalue weighted by Crippen LogP contribution is 2.30. The minimum absolute atomic E-state index is 0.0957. The van der Waals surface area contributed by atoms with Crippen LogP contribution >= 0.6 is 0 Å². The Hall–Kier alpha value is -2.04. The number of nitrogens with two attached hydrogens (primary N) is 1. The van der Waals surface area contributed by atoms with E-state index >= 15 is 0 Å². The number of hydrogen-bond donors (Lipinski definition) is 2. The van der Waals surface area contributed by atoms with Crippen LogP contribution in [0.3, 0.4) is 0 Å². The second-order valence-corrected chi connectivity index (χ2v) is 5.25. The third kappa shape index (κ3) is 2.61. The lowest BCUT2D eigenvalue weighted by molar-refractivity contribution is 0.225. The number of urea groups is 1. The third-order valence-electron chi connectivity index (χ3n) is 3.63. The average molecular weight is 274 g/mol. The Morgan fingerprint density at radius 2 is 1.90 bits per heavy atom. The van der Waals surface area contributed by atoms with Gasteiger partial charge in [-0.05, 0) is 44.7 Å². The van der Waals surface area contributed by atoms with Gasteiger partial charge in [0.05, 0.1) is 5.69 Å². The molecule has 0 spiro atoms. The molecule has 1 aromatic carbocycles. The van der Waals surface area contributed by atoms with Crippen molar-refractivity contribution in [1.82, 2.24) is 4.90 Å². The van der Waals surface area contributed by atoms with Gasteiger partial charge in [0.15, 0.2) is 5.96 Å². The van der Waals surface area contributed by atoms with Crippen LogP contribution in [0.2, 0.25) is 0 Å². The molecule has 1 fully saturated rings. The van der Waals surface area contributed by atoms with Gasteiger partial charge in [-0.3, -0.25) is 15.2 Å². The van der Waals surface area contributed by atoms with Gasteiger partial charge in [-0.1, -0.05) is 18.2 Å². The van der Waals surface area contributed by atoms with Gasteiger partial charge in [-0.25, -0.2) is 4.79 Å². The molecule has 2 amide bonds. The smallest absolute Gasteiger partial charge is 0.331 e. The SMILES string of the molecule is CCN(C(=O)N(C(=N)N)C1CC1)c1c(C)cccc1C. The first-order valence-electron chi connectivity index (χ1n) is 6.98. The van der Waals surface area contributed by atoms with Crippen LogP contribution in [-0.4, -0.2) is 29.5 Å². The standard InChI is InChI=1S/C15H22N4O/c1-4-18(13-10(2)6-5-7-11(13)3)15(20)19(14(16)17)12-8-9-12/h5-7,12H,4,8-9H2,1-3H3,(H3,16,17). The summed E-state index contributed by atoms with van der Waals surface area (Å²) < 4.78 is 0. The minimum atomic E-state index is -0.195. The van der Waals surface area contributed by atoms with Crippen molar-refractivity contribution in [3.63, 3.8) is 0 Å². The number of carbonyl (C=O) groups is 1. The Labute approximate surface area is 119 Å². The van der Waals surface area contributed by atoms with Crippen molar-refractivity contribution in [3.8, 4) is 0 Å². The molecule has 1 aromatic rings. The topological polar surface area (TPSA) is 73.4 Å². The fourth-order valence-electron chi connectivity index (χ4n) is 2.54. The molecular weight excluding hydrogens is 252 g/mol. The van der Waals surface area contributed by atoms with Crippen molar-refractivity contribution in [3.05, 3.63) is 29.3 Å². The summed E-state index contributed by atoms with van der Waals surface area (Å²) in [7, 11) is 0. The Bertz CT molecular complexity index is 516. The molecule has 5 nitrogen and oxygen atoms in total. The van der Waals surface area contributed by atoms with E-state index < -0.39 is 0 Å². The first kappa shape index (κ1) is 14.4. The summed E-state index contributed by atoms with van der Waals surface area (Å²) in [4.78, 5) is 15.9. The summed E-state index contributed by atoms with van der Waals surface area (Å²) in [5, 5.41) is 7.65. The van der Waals surface area contributed by atoms with Gasteiger partial charge in [0.1, 0.15) is 0 Å². The highest BCUT2D eigenvalue weighted by atomic mass is 16.2. The number of benzene rings is 1. The van der Waals surface area contributed by atoms with Gasteiger partial charge in [0.2, 0.25) is 0 Å². The Balaban J connectivity index is 2.36. The first-order valence-corrected chi connectivity index (χ1v) is 6.98. The van der Waals surface area contributed by atoms with E-state index in [2.05, 4.69) is 0 Å². The molecule has 0 heterocycles. The van der Waals surface area contributed by atoms with Crippen molar-refractivity contribution < 1.29 is 4.79 Å². The lowest BCUT2D eigenvalue weighted by Crippen LogP contribution is -2.50. The fraction of sp³-hybridized carbons (Fsp3) is 0.467. The summed E-state index contributed by atoms with van der Waals surface area (Å²) in [6.07, 6.45) is 1.85. The summed E-state index contributed by atoms with van der Waals surface area (Å²) in [5.41, 5.74) is 8.62. The van der Waals surface area contributed by atoms with E-state index in [1.54, 1.807) is 4.90 Å². The molecule has 1 aliphatic rings. The highest BCUT2D eigenvalue weighted by molar-refractivity contribution is 6.03. The number of carbonyl (C=O) groups excluding carboxylic acids is 1. The predicted molar refractivity (Wildman–Crippen MR) is 81.1 cm³/mol. The number of nitrogens with zero attached hydrogens (tertiary/aromatic N) is 2. The monoisotopic (exact) mass is 274 g/mol. The predicted octanol–water partition coefficient (Wildman–Crippen LogP) is 2.61. The van der Waals surface area contributed by atoms with E-state index in [1.165, 1.54) is 4.90 Å². The van der Waals surface area contributed by atoms with Crippen LogP contribution in [0.4, 0.5) is 10.5 Å². The lowest BCUT2D eigenvalue weighted by atomic mass is 10.1. The van der Waals surface area contributed by atoms with Crippen LogP contribution in [0.5, 0.6) is 0 Å². The zero-order valence-electron chi connectivity index (χ0n) is 12.3. The van der Waals surface area contributed by atoms with Gasteiger partial charge < -0.3 is 5.73 Å². The maximum atomic E-state index is 12.7. The third-order valence-corrected chi connectivity index (χ3v) is 3.63. The Kier molecular flexibility index (Phi) is 3.97. The second-order valence-electron chi connectivity index (χ2n) is 5.25. The van der Waals surface area contributed by atoms with Crippen molar-refractivity contribution in [2.45, 2.75) is 39.7 Å². The number of hydrogen-bond acceptors (Lipinski definition) is 2. The maximum absolute atomic E-state index is 12.7. The normalized spacial score (nSPS) is 13.9. The molecule has 0 aliphatic heterocycles. The van der Waals surface area contributed by atoms with E-state index in [1.807, 2.05) is 39.0 Å². The minimum Gasteiger partial charge on any atom is -0.370 e. The summed E-state index contributed by atoms with van der Waals surface area (Å²) >= 11 is 0. The van der Waals surface area contributed by atoms with Gasteiger partial charge >= 0.3 is 6.03 Å². The zero-order chi connectivity index (χ0) is 14.9. The number of amides is 2. The Morgan fingerprint density at radius 1 is 1.35 bits per heavy atom. The van der Waals surface area contributed by atoms with Crippen LogP contribution in [0.1, 0.15) is 30.9 Å². The van der Waals surface area contributed by atoms with Crippen LogP contribution < -0.4 is 10.6 Å². The molecule has 2 rings (SSSR count). The van der Waals surface area contributed by atoms with Crippen LogP contribution in [0.15, 0.2) is 18.2 Å². The molecule has 0 bridgehead atoms. The summed E-state index contributed by atoms with van der Waals surface area (Å²) in [6.45, 7) is 6.48. The molecule has 20 heavy (non-hydrogen) atoms. The summed E-state index contributed by atoms with van der Waals surface area (Å²) in [5.74, 6) is -0.165. The second kappa shape index (κ2) is 5.53. The number of nitrogens with one attached hydrogen (secondary N) is 1. The number of para-hydroxylation sites is 1. The number of anilines is 1. The molecule has 3 N–H and O–H groups in total. The molecule has 108 valence electrons. The fourth-order valence-corrected chi connectivity index (χ4v) is 2.54. The van der Waals surface area contributed by atoms with Crippen molar-refractivity contribution in [1.29, 1.82) is 5.41 Å². The number of guanidine groups is 1. The average Bonchev–Trinajstić information content (AvgIpc) is 3.18. The van der Waals surface area contributed by atoms with E-state index in [9.17, 15) is 4.79 Å². The molecule has 0 aromatic heterocycles. The number of aryl methyl sites for hydroxylation is 2. The van der Waals surface area contributed by atoms with Crippen molar-refractivity contribution in [2.24, 2.45) is 5.73 Å². The Morgan fingerprint density at radius 3 is 2.30 bits per heavy atom. The maximum Gasteiger partial charge on any atom is 0.331 e. The number of rotatable bonds is 3. The molecule has 5 heteroatoms. The molecule has 0 radical (unpaired) electrons. The first-order chi connectivity index (χ1) is 9.47.